The maximum Gasteiger partial charge on any atom is 1.00 e. The van der Waals surface area contributed by atoms with Crippen LogP contribution in [0.4, 0.5) is 58.4 Å². The van der Waals surface area contributed by atoms with Crippen LogP contribution in [0.2, 0.25) is 0 Å². The SMILES string of the molecule is O=S(=O)(O)c1ccc(Nc2nc(Nc3ccc(C=Cc4ccc(Nc5nc(Nc6ccc(S(=O)(=O)O)cc6)nc(N(CCO)CCO)n5)cc4S(=O)(=O)O)c(S(=O)(=O)O)c3)nc(N(CCO)CCO)n2)cc1.[H-].[Na+]. The summed E-state index contributed by atoms with van der Waals surface area (Å²) in [6.07, 6.45) is 2.27. The molecule has 0 fully saturated rings. The minimum atomic E-state index is -5.03. The number of nitrogens with zero attached hydrogens (tertiary/aromatic N) is 8. The third-order valence-electron chi connectivity index (χ3n) is 9.65. The van der Waals surface area contributed by atoms with Crippen molar-refractivity contribution in [3.8, 4) is 0 Å². The summed E-state index contributed by atoms with van der Waals surface area (Å²) >= 11 is 0. The van der Waals surface area contributed by atoms with Crippen LogP contribution in [0, 0.1) is 0 Å². The topological polar surface area (TPSA) is 430 Å². The molecule has 0 amide bonds. The number of anilines is 10. The minimum absolute atomic E-state index is 0. The average Bonchev–Trinajstić information content (AvgIpc) is 3.30. The van der Waals surface area contributed by atoms with E-state index in [0.717, 1.165) is 48.6 Å². The van der Waals surface area contributed by atoms with Crippen LogP contribution >= 0.6 is 0 Å². The van der Waals surface area contributed by atoms with E-state index in [-0.39, 0.29) is 153 Å². The summed E-state index contributed by atoms with van der Waals surface area (Å²) in [6.45, 7) is -1.69. The molecule has 4 aromatic carbocycles. The van der Waals surface area contributed by atoms with Crippen molar-refractivity contribution in [1.29, 1.82) is 0 Å². The van der Waals surface area contributed by atoms with Crippen LogP contribution in [0.3, 0.4) is 0 Å². The first kappa shape index (κ1) is 57.8. The van der Waals surface area contributed by atoms with Gasteiger partial charge >= 0.3 is 29.6 Å². The van der Waals surface area contributed by atoms with Gasteiger partial charge in [-0.2, -0.15) is 63.6 Å². The van der Waals surface area contributed by atoms with Crippen molar-refractivity contribution >= 4 is 111 Å². The molecule has 0 aliphatic carbocycles. The Balaban J connectivity index is 0.00000593. The summed E-state index contributed by atoms with van der Waals surface area (Å²) in [5.74, 6) is -0.916. The number of aromatic nitrogens is 6. The fourth-order valence-corrected chi connectivity index (χ4v) is 8.78. The molecule has 6 rings (SSSR count). The molecule has 73 heavy (non-hydrogen) atoms. The van der Waals surface area contributed by atoms with Gasteiger partial charge in [-0.3, -0.25) is 18.2 Å². The van der Waals surface area contributed by atoms with E-state index in [9.17, 15) is 72.3 Å². The number of rotatable bonds is 24. The van der Waals surface area contributed by atoms with Crippen LogP contribution in [0.25, 0.3) is 12.2 Å². The molecule has 0 atom stereocenters. The summed E-state index contributed by atoms with van der Waals surface area (Å²) in [4.78, 5) is 26.4. The maximum atomic E-state index is 12.8. The van der Waals surface area contributed by atoms with Crippen molar-refractivity contribution in [3.05, 3.63) is 96.1 Å². The van der Waals surface area contributed by atoms with E-state index in [1.165, 1.54) is 58.3 Å². The Hall–Kier alpha value is -6.08. The zero-order chi connectivity index (χ0) is 52.4. The van der Waals surface area contributed by atoms with E-state index >= 15 is 0 Å². The first-order valence-corrected chi connectivity index (χ1v) is 26.3. The van der Waals surface area contributed by atoms with Crippen molar-refractivity contribution in [3.63, 3.8) is 0 Å². The number of nitrogens with one attached hydrogen (secondary N) is 4. The average molecular weight is 1100 g/mol. The standard InChI is InChI=1S/C40H44N12O16S4.Na.H/c53-19-15-51(16-20-54)39-47-35(41-27-7-11-31(12-8-27)69(57,58)59)45-37(49-39)43-29-5-3-25(33(23-29)71(63,64)65)1-2-26-4-6-30(24-34(26)72(66,67)68)44-38-46-36(48-40(50-38)52(17-21-55)18-22-56)42-28-9-13-32(14-10-28)70(60,61)62;;/h1-14,23-24,53-56H,15-22H2,(H,57,58,59)(H,60,61,62)(H,63,64,65)(H,66,67,68)(H2,41,43,45,47,49)(H2,42,44,46,48,50);;/q;+1;-1. The molecule has 0 aliphatic rings. The number of hydrogen-bond donors (Lipinski definition) is 12. The summed E-state index contributed by atoms with van der Waals surface area (Å²) in [5.41, 5.74) is 0.129. The van der Waals surface area contributed by atoms with Gasteiger partial charge in [-0.15, -0.1) is 0 Å². The Morgan fingerprint density at radius 3 is 0.945 bits per heavy atom. The molecule has 0 saturated heterocycles. The van der Waals surface area contributed by atoms with Gasteiger partial charge in [-0.25, -0.2) is 0 Å². The fourth-order valence-electron chi connectivity index (χ4n) is 6.41. The second-order valence-corrected chi connectivity index (χ2v) is 20.3. The van der Waals surface area contributed by atoms with E-state index in [4.69, 9.17) is 0 Å². The van der Waals surface area contributed by atoms with E-state index in [2.05, 4.69) is 51.2 Å². The monoisotopic (exact) mass is 1100 g/mol. The van der Waals surface area contributed by atoms with E-state index in [0.29, 0.717) is 0 Å². The first-order valence-electron chi connectivity index (χ1n) is 20.6. The van der Waals surface area contributed by atoms with Crippen LogP contribution in [-0.4, -0.2) is 155 Å². The molecular formula is C40H45N12NaO16S4. The molecule has 33 heteroatoms. The molecule has 12 N–H and O–H groups in total. The van der Waals surface area contributed by atoms with Crippen molar-refractivity contribution in [1.82, 2.24) is 29.9 Å². The van der Waals surface area contributed by atoms with Crippen molar-refractivity contribution in [2.24, 2.45) is 0 Å². The number of hydrogen-bond acceptors (Lipinski definition) is 24. The Bertz CT molecular complexity index is 3170. The zero-order valence-electron chi connectivity index (χ0n) is 38.9. The van der Waals surface area contributed by atoms with Gasteiger partial charge in [0.25, 0.3) is 40.5 Å². The van der Waals surface area contributed by atoms with Gasteiger partial charge in [-0.1, -0.05) is 24.3 Å². The smallest absolute Gasteiger partial charge is 1.00 e. The Kier molecular flexibility index (Phi) is 19.6. The van der Waals surface area contributed by atoms with Gasteiger partial charge in [0.1, 0.15) is 9.79 Å². The molecule has 6 aromatic rings. The molecule has 0 aliphatic heterocycles. The van der Waals surface area contributed by atoms with Crippen LogP contribution in [0.1, 0.15) is 12.6 Å². The first-order chi connectivity index (χ1) is 34.0. The van der Waals surface area contributed by atoms with E-state index in [1.807, 2.05) is 0 Å². The quantitative estimate of drug-likeness (QED) is 0.0194. The Morgan fingerprint density at radius 1 is 0.411 bits per heavy atom. The number of aliphatic hydroxyl groups is 4. The van der Waals surface area contributed by atoms with Crippen LogP contribution in [0.5, 0.6) is 0 Å². The van der Waals surface area contributed by atoms with Gasteiger partial charge < -0.3 is 52.9 Å². The molecule has 2 aromatic heterocycles. The normalized spacial score (nSPS) is 12.0. The van der Waals surface area contributed by atoms with Crippen molar-refractivity contribution < 1.29 is 103 Å². The predicted molar refractivity (Wildman–Crippen MR) is 261 cm³/mol. The number of aliphatic hydroxyl groups excluding tert-OH is 4. The predicted octanol–water partition coefficient (Wildman–Crippen LogP) is -1.11. The summed E-state index contributed by atoms with van der Waals surface area (Å²) in [5, 5.41) is 49.9. The molecule has 0 bridgehead atoms. The van der Waals surface area contributed by atoms with Crippen molar-refractivity contribution in [2.45, 2.75) is 19.6 Å². The molecular weight excluding hydrogens is 1060 g/mol. The second kappa shape index (κ2) is 24.8. The number of benzene rings is 4. The third kappa shape index (κ3) is 16.2. The summed E-state index contributed by atoms with van der Waals surface area (Å²) in [7, 11) is -19.1. The van der Waals surface area contributed by atoms with Gasteiger partial charge in [0.05, 0.1) is 36.2 Å². The minimum Gasteiger partial charge on any atom is -1.00 e. The molecule has 0 spiro atoms. The van der Waals surface area contributed by atoms with Crippen LogP contribution in [0.15, 0.2) is 105 Å². The Labute approximate surface area is 440 Å². The van der Waals surface area contributed by atoms with Gasteiger partial charge in [0, 0.05) is 48.9 Å². The van der Waals surface area contributed by atoms with Gasteiger partial charge in [-0.05, 0) is 83.9 Å². The van der Waals surface area contributed by atoms with Crippen LogP contribution in [-0.2, 0) is 40.5 Å². The maximum absolute atomic E-state index is 12.8. The van der Waals surface area contributed by atoms with E-state index in [1.54, 1.807) is 0 Å². The van der Waals surface area contributed by atoms with Crippen molar-refractivity contribution in [2.75, 3.05) is 83.7 Å². The third-order valence-corrected chi connectivity index (χ3v) is 13.2. The van der Waals surface area contributed by atoms with Gasteiger partial charge in [0.15, 0.2) is 0 Å². The molecule has 0 radical (unpaired) electrons. The molecule has 28 nitrogen and oxygen atoms in total. The fraction of sp³-hybridized carbons (Fsp3) is 0.200. The second-order valence-electron chi connectivity index (χ2n) is 14.7. The molecule has 386 valence electrons. The molecule has 0 unspecified atom stereocenters. The molecule has 0 saturated carbocycles. The Morgan fingerprint density at radius 2 is 0.685 bits per heavy atom. The largest absolute Gasteiger partial charge is 1.00 e. The van der Waals surface area contributed by atoms with Gasteiger partial charge in [0.2, 0.25) is 35.7 Å². The summed E-state index contributed by atoms with van der Waals surface area (Å²) < 4.78 is 137. The van der Waals surface area contributed by atoms with E-state index < -0.39 is 60.1 Å². The summed E-state index contributed by atoms with van der Waals surface area (Å²) in [6, 6.07) is 16.8. The van der Waals surface area contributed by atoms with Crippen LogP contribution < -0.4 is 60.6 Å². The zero-order valence-corrected chi connectivity index (χ0v) is 43.2. The molecule has 2 heterocycles.